The van der Waals surface area contributed by atoms with E-state index in [4.69, 9.17) is 13.7 Å². The summed E-state index contributed by atoms with van der Waals surface area (Å²) in [5.41, 5.74) is 1.79. The number of aryl methyl sites for hydroxylation is 1. The first-order chi connectivity index (χ1) is 21.9. The number of nitro groups is 1. The average molecular weight is 669 g/mol. The number of ether oxygens (including phenoxy) is 2. The lowest BCUT2D eigenvalue weighted by Crippen LogP contribution is -2.36. The van der Waals surface area contributed by atoms with Crippen LogP contribution in [-0.4, -0.2) is 75.3 Å². The molecule has 5 rings (SSSR count). The van der Waals surface area contributed by atoms with Gasteiger partial charge in [-0.25, -0.2) is 0 Å². The van der Waals surface area contributed by atoms with Gasteiger partial charge in [-0.05, 0) is 72.8 Å². The van der Waals surface area contributed by atoms with Crippen molar-refractivity contribution < 1.29 is 41.4 Å². The number of nitro benzene ring substituents is 1. The molecular formula is C30H28N4O10S2. The Hall–Kier alpha value is -4.93. The van der Waals surface area contributed by atoms with E-state index >= 15 is 0 Å². The van der Waals surface area contributed by atoms with Gasteiger partial charge in [0, 0.05) is 36.1 Å². The fourth-order valence-corrected chi connectivity index (χ4v) is 6.46. The zero-order valence-electron chi connectivity index (χ0n) is 24.6. The van der Waals surface area contributed by atoms with Crippen LogP contribution in [0, 0.1) is 17.0 Å². The van der Waals surface area contributed by atoms with Crippen LogP contribution in [0.1, 0.15) is 11.1 Å². The Morgan fingerprint density at radius 1 is 1.07 bits per heavy atom. The number of imide groups is 1. The van der Waals surface area contributed by atoms with Gasteiger partial charge in [-0.15, -0.1) is 0 Å². The molecule has 2 aliphatic rings. The minimum Gasteiger partial charge on any atom is -0.493 e. The summed E-state index contributed by atoms with van der Waals surface area (Å²) in [6.07, 6.45) is 1.40. The van der Waals surface area contributed by atoms with E-state index in [1.54, 1.807) is 12.1 Å². The number of carbonyl (C=O) groups is 3. The third-order valence-corrected chi connectivity index (χ3v) is 9.19. The van der Waals surface area contributed by atoms with E-state index in [1.807, 2.05) is 12.1 Å². The molecule has 0 bridgehead atoms. The highest BCUT2D eigenvalue weighted by Gasteiger charge is 2.36. The van der Waals surface area contributed by atoms with Crippen molar-refractivity contribution in [3.63, 3.8) is 0 Å². The highest BCUT2D eigenvalue weighted by Crippen LogP contribution is 2.36. The normalized spacial score (nSPS) is 16.1. The number of rotatable bonds is 10. The number of hydrogen-bond donors (Lipinski definition) is 1. The fraction of sp³-hybridized carbons (Fsp3) is 0.233. The second-order valence-corrected chi connectivity index (χ2v) is 12.7. The zero-order chi connectivity index (χ0) is 33.0. The lowest BCUT2D eigenvalue weighted by molar-refractivity contribution is -0.385. The Balaban J connectivity index is 1.24. The van der Waals surface area contributed by atoms with Gasteiger partial charge in [0.25, 0.3) is 16.8 Å². The SMILES string of the molecule is COc1cc(/C=C2\SC(=O)N(CC(=O)Nc3ccc(N4CCOCC4)cc3)C2=O)ccc1OS(=O)(=O)c1ccc(C)c([N+](=O)[O-])c1. The Kier molecular flexibility index (Phi) is 9.60. The van der Waals surface area contributed by atoms with Crippen molar-refractivity contribution in [1.82, 2.24) is 4.90 Å². The number of amides is 3. The monoisotopic (exact) mass is 668 g/mol. The minimum absolute atomic E-state index is 0.0165. The number of nitrogens with one attached hydrogen (secondary N) is 1. The van der Waals surface area contributed by atoms with Crippen molar-refractivity contribution in [1.29, 1.82) is 0 Å². The number of hydrogen-bond acceptors (Lipinski definition) is 12. The Morgan fingerprint density at radius 3 is 2.46 bits per heavy atom. The quantitative estimate of drug-likeness (QED) is 0.141. The average Bonchev–Trinajstić information content (AvgIpc) is 3.29. The minimum atomic E-state index is -4.47. The maximum atomic E-state index is 13.0. The molecule has 0 atom stereocenters. The van der Waals surface area contributed by atoms with E-state index in [-0.39, 0.29) is 27.7 Å². The van der Waals surface area contributed by atoms with E-state index in [0.717, 1.165) is 29.7 Å². The molecule has 1 N–H and O–H groups in total. The number of morpholine rings is 1. The summed E-state index contributed by atoms with van der Waals surface area (Å²) in [6, 6.07) is 14.7. The van der Waals surface area contributed by atoms with Crippen LogP contribution in [0.4, 0.5) is 21.9 Å². The molecule has 16 heteroatoms. The van der Waals surface area contributed by atoms with E-state index in [2.05, 4.69) is 10.2 Å². The molecule has 3 amide bonds. The molecule has 0 spiro atoms. The molecule has 240 valence electrons. The Bertz CT molecular complexity index is 1840. The third-order valence-electron chi connectivity index (χ3n) is 7.05. The number of methoxy groups -OCH3 is 1. The lowest BCUT2D eigenvalue weighted by Gasteiger charge is -2.28. The summed E-state index contributed by atoms with van der Waals surface area (Å²) in [7, 11) is -3.20. The molecule has 0 radical (unpaired) electrons. The van der Waals surface area contributed by atoms with Crippen LogP contribution in [0.2, 0.25) is 0 Å². The molecule has 0 saturated carbocycles. The van der Waals surface area contributed by atoms with Crippen LogP contribution in [-0.2, 0) is 24.4 Å². The Morgan fingerprint density at radius 2 is 1.78 bits per heavy atom. The summed E-state index contributed by atoms with van der Waals surface area (Å²) >= 11 is 0.652. The van der Waals surface area contributed by atoms with Gasteiger partial charge >= 0.3 is 10.1 Å². The summed E-state index contributed by atoms with van der Waals surface area (Å²) in [6.45, 7) is 3.83. The number of benzene rings is 3. The largest absolute Gasteiger partial charge is 0.493 e. The highest BCUT2D eigenvalue weighted by atomic mass is 32.2. The van der Waals surface area contributed by atoms with Crippen molar-refractivity contribution in [2.75, 3.05) is 50.2 Å². The first-order valence-corrected chi connectivity index (χ1v) is 16.0. The van der Waals surface area contributed by atoms with Crippen LogP contribution in [0.5, 0.6) is 11.5 Å². The van der Waals surface area contributed by atoms with Gasteiger partial charge in [-0.1, -0.05) is 12.1 Å². The van der Waals surface area contributed by atoms with Crippen LogP contribution in [0.25, 0.3) is 6.08 Å². The first-order valence-electron chi connectivity index (χ1n) is 13.8. The lowest BCUT2D eigenvalue weighted by atomic mass is 10.2. The number of thioether (sulfide) groups is 1. The molecule has 14 nitrogen and oxygen atoms in total. The van der Waals surface area contributed by atoms with Crippen molar-refractivity contribution in [2.45, 2.75) is 11.8 Å². The molecule has 3 aromatic carbocycles. The van der Waals surface area contributed by atoms with Crippen LogP contribution in [0.15, 0.2) is 70.5 Å². The molecule has 2 saturated heterocycles. The molecule has 2 heterocycles. The predicted molar refractivity (Wildman–Crippen MR) is 169 cm³/mol. The van der Waals surface area contributed by atoms with Gasteiger partial charge < -0.3 is 23.9 Å². The third kappa shape index (κ3) is 7.30. The van der Waals surface area contributed by atoms with Crippen LogP contribution >= 0.6 is 11.8 Å². The second-order valence-electron chi connectivity index (χ2n) is 10.1. The molecule has 0 unspecified atom stereocenters. The molecule has 46 heavy (non-hydrogen) atoms. The van der Waals surface area contributed by atoms with Crippen molar-refractivity contribution in [3.05, 3.63) is 86.8 Å². The molecule has 2 aliphatic heterocycles. The van der Waals surface area contributed by atoms with Gasteiger partial charge in [0.15, 0.2) is 11.5 Å². The fourth-order valence-electron chi connectivity index (χ4n) is 4.66. The summed E-state index contributed by atoms with van der Waals surface area (Å²) < 4.78 is 41.6. The Labute approximate surface area is 268 Å². The molecule has 2 fully saturated rings. The second kappa shape index (κ2) is 13.6. The maximum absolute atomic E-state index is 13.0. The van der Waals surface area contributed by atoms with Gasteiger partial charge in [0.1, 0.15) is 11.4 Å². The number of nitrogens with zero attached hydrogens (tertiary/aromatic N) is 3. The van der Waals surface area contributed by atoms with E-state index in [1.165, 1.54) is 50.4 Å². The van der Waals surface area contributed by atoms with E-state index in [9.17, 15) is 32.9 Å². The molecule has 3 aromatic rings. The number of anilines is 2. The smallest absolute Gasteiger partial charge is 0.339 e. The maximum Gasteiger partial charge on any atom is 0.339 e. The van der Waals surface area contributed by atoms with Gasteiger partial charge in [0.2, 0.25) is 5.91 Å². The zero-order valence-corrected chi connectivity index (χ0v) is 26.3. The topological polar surface area (TPSA) is 175 Å². The van der Waals surface area contributed by atoms with Crippen molar-refractivity contribution in [2.24, 2.45) is 0 Å². The molecular weight excluding hydrogens is 640 g/mol. The van der Waals surface area contributed by atoms with Crippen molar-refractivity contribution in [3.8, 4) is 11.5 Å². The highest BCUT2D eigenvalue weighted by molar-refractivity contribution is 8.18. The standard InChI is InChI=1S/C30H28N4O10S2/c1-19-3-9-23(17-24(19)34(38)39)46(40,41)44-25-10-4-20(15-26(25)42-2)16-27-29(36)33(30(37)45-27)18-28(35)31-21-5-7-22(8-6-21)32-11-13-43-14-12-32/h3-10,15-17H,11-14,18H2,1-2H3,(H,31,35)/b27-16-. The first kappa shape index (κ1) is 32.5. The van der Waals surface area contributed by atoms with E-state index in [0.29, 0.717) is 36.2 Å². The van der Waals surface area contributed by atoms with E-state index < -0.39 is 43.5 Å². The predicted octanol–water partition coefficient (Wildman–Crippen LogP) is 4.19. The van der Waals surface area contributed by atoms with Gasteiger partial charge in [0.05, 0.1) is 30.2 Å². The molecule has 0 aliphatic carbocycles. The summed E-state index contributed by atoms with van der Waals surface area (Å²) in [5, 5.41) is 13.3. The summed E-state index contributed by atoms with van der Waals surface area (Å²) in [5.74, 6) is -1.44. The summed E-state index contributed by atoms with van der Waals surface area (Å²) in [4.78, 5) is 51.5. The van der Waals surface area contributed by atoms with Gasteiger partial charge in [-0.3, -0.25) is 29.4 Å². The van der Waals surface area contributed by atoms with Gasteiger partial charge in [-0.2, -0.15) is 8.42 Å². The van der Waals surface area contributed by atoms with Crippen LogP contribution in [0.3, 0.4) is 0 Å². The molecule has 0 aromatic heterocycles. The number of carbonyl (C=O) groups excluding carboxylic acids is 3. The van der Waals surface area contributed by atoms with Crippen LogP contribution < -0.4 is 19.1 Å². The van der Waals surface area contributed by atoms with Crippen molar-refractivity contribution >= 4 is 62.1 Å².